The molecule has 0 radical (unpaired) electrons. The summed E-state index contributed by atoms with van der Waals surface area (Å²) in [6, 6.07) is 0. The molecule has 0 saturated heterocycles. The van der Waals surface area contributed by atoms with Crippen molar-refractivity contribution in [2.24, 2.45) is 5.92 Å². The first-order valence-corrected chi connectivity index (χ1v) is 4.33. The summed E-state index contributed by atoms with van der Waals surface area (Å²) in [6.07, 6.45) is 0.850. The molecule has 0 spiro atoms. The van der Waals surface area contributed by atoms with Gasteiger partial charge < -0.3 is 0 Å². The van der Waals surface area contributed by atoms with Gasteiger partial charge in [0.25, 0.3) is 0 Å². The molecule has 0 atom stereocenters. The third-order valence-corrected chi connectivity index (χ3v) is 1.53. The van der Waals surface area contributed by atoms with E-state index in [1.807, 2.05) is 6.92 Å². The zero-order chi connectivity index (χ0) is 9.14. The second kappa shape index (κ2) is 3.81. The van der Waals surface area contributed by atoms with Crippen LogP contribution in [0.1, 0.15) is 25.5 Å². The summed E-state index contributed by atoms with van der Waals surface area (Å²) in [5.41, 5.74) is 0. The molecule has 0 fully saturated rings. The van der Waals surface area contributed by atoms with Crippen molar-refractivity contribution in [3.8, 4) is 0 Å². The molecule has 0 aliphatic heterocycles. The highest BCUT2D eigenvalue weighted by Gasteiger charge is 2.03. The van der Waals surface area contributed by atoms with Crippen LogP contribution in [-0.2, 0) is 6.42 Å². The minimum Gasteiger partial charge on any atom is -0.218 e. The zero-order valence-electron chi connectivity index (χ0n) is 7.50. The van der Waals surface area contributed by atoms with E-state index in [1.165, 1.54) is 0 Å². The predicted octanol–water partition coefficient (Wildman–Crippen LogP) is 2.03. The van der Waals surface area contributed by atoms with Gasteiger partial charge in [0.2, 0.25) is 5.28 Å². The van der Waals surface area contributed by atoms with Crippen molar-refractivity contribution in [2.75, 3.05) is 0 Å². The summed E-state index contributed by atoms with van der Waals surface area (Å²) < 4.78 is 0. The fourth-order valence-electron chi connectivity index (χ4n) is 0.958. The van der Waals surface area contributed by atoms with Crippen molar-refractivity contribution < 1.29 is 0 Å². The van der Waals surface area contributed by atoms with Gasteiger partial charge in [0, 0.05) is 6.42 Å². The number of nitrogens with zero attached hydrogens (tertiary/aromatic N) is 3. The Bertz CT molecular complexity index is 253. The molecule has 0 aromatic carbocycles. The zero-order valence-corrected chi connectivity index (χ0v) is 8.26. The van der Waals surface area contributed by atoms with Crippen LogP contribution in [0.15, 0.2) is 0 Å². The van der Waals surface area contributed by atoms with Crippen molar-refractivity contribution in [2.45, 2.75) is 27.2 Å². The van der Waals surface area contributed by atoms with Gasteiger partial charge in [0.15, 0.2) is 0 Å². The Morgan fingerprint density at radius 2 is 1.92 bits per heavy atom. The number of aryl methyl sites for hydroxylation is 1. The Hall–Kier alpha value is -0.700. The lowest BCUT2D eigenvalue weighted by atomic mass is 10.1. The van der Waals surface area contributed by atoms with Crippen molar-refractivity contribution in [1.82, 2.24) is 15.0 Å². The monoisotopic (exact) mass is 185 g/mol. The SMILES string of the molecule is Cc1nc(Cl)nc(CC(C)C)n1. The van der Waals surface area contributed by atoms with Crippen LogP contribution in [-0.4, -0.2) is 15.0 Å². The number of hydrogen-bond donors (Lipinski definition) is 0. The fourth-order valence-corrected chi connectivity index (χ4v) is 1.18. The maximum atomic E-state index is 5.67. The van der Waals surface area contributed by atoms with E-state index >= 15 is 0 Å². The van der Waals surface area contributed by atoms with Crippen LogP contribution < -0.4 is 0 Å². The van der Waals surface area contributed by atoms with E-state index in [0.29, 0.717) is 11.7 Å². The molecule has 66 valence electrons. The van der Waals surface area contributed by atoms with Crippen molar-refractivity contribution in [3.63, 3.8) is 0 Å². The van der Waals surface area contributed by atoms with Gasteiger partial charge in [-0.1, -0.05) is 13.8 Å². The largest absolute Gasteiger partial charge is 0.225 e. The molecule has 0 unspecified atom stereocenters. The van der Waals surface area contributed by atoms with Gasteiger partial charge in [-0.3, -0.25) is 0 Å². The maximum absolute atomic E-state index is 5.67. The van der Waals surface area contributed by atoms with E-state index < -0.39 is 0 Å². The minimum absolute atomic E-state index is 0.290. The third-order valence-electron chi connectivity index (χ3n) is 1.36. The van der Waals surface area contributed by atoms with Gasteiger partial charge in [0.05, 0.1) is 0 Å². The van der Waals surface area contributed by atoms with Crippen LogP contribution in [0, 0.1) is 12.8 Å². The lowest BCUT2D eigenvalue weighted by molar-refractivity contribution is 0.615. The molecule has 3 nitrogen and oxygen atoms in total. The highest BCUT2D eigenvalue weighted by atomic mass is 35.5. The molecule has 0 aliphatic rings. The smallest absolute Gasteiger partial charge is 0.218 e. The third kappa shape index (κ3) is 2.74. The topological polar surface area (TPSA) is 38.7 Å². The summed E-state index contributed by atoms with van der Waals surface area (Å²) >= 11 is 5.67. The Kier molecular flexibility index (Phi) is 2.98. The van der Waals surface area contributed by atoms with E-state index in [0.717, 1.165) is 12.2 Å². The first-order chi connectivity index (χ1) is 5.58. The summed E-state index contributed by atoms with van der Waals surface area (Å²) in [6.45, 7) is 6.05. The average Bonchev–Trinajstić information content (AvgIpc) is 1.81. The Morgan fingerprint density at radius 3 is 2.42 bits per heavy atom. The highest BCUT2D eigenvalue weighted by Crippen LogP contribution is 2.06. The van der Waals surface area contributed by atoms with Crippen LogP contribution in [0.4, 0.5) is 0 Å². The molecule has 0 aliphatic carbocycles. The lowest BCUT2D eigenvalue weighted by Crippen LogP contribution is -2.04. The minimum atomic E-state index is 0.290. The number of hydrogen-bond acceptors (Lipinski definition) is 3. The van der Waals surface area contributed by atoms with Crippen molar-refractivity contribution >= 4 is 11.6 Å². The molecule has 0 saturated carbocycles. The molecule has 1 aromatic heterocycles. The van der Waals surface area contributed by atoms with Gasteiger partial charge in [-0.05, 0) is 24.4 Å². The summed E-state index contributed by atoms with van der Waals surface area (Å²) in [7, 11) is 0. The molecular formula is C8H12ClN3. The molecule has 0 bridgehead atoms. The molecule has 0 amide bonds. The first kappa shape index (κ1) is 9.39. The van der Waals surface area contributed by atoms with E-state index in [2.05, 4.69) is 28.8 Å². The standard InChI is InChI=1S/C8H12ClN3/c1-5(2)4-7-10-6(3)11-8(9)12-7/h5H,4H2,1-3H3. The van der Waals surface area contributed by atoms with Crippen molar-refractivity contribution in [3.05, 3.63) is 16.9 Å². The quantitative estimate of drug-likeness (QED) is 0.708. The van der Waals surface area contributed by atoms with Gasteiger partial charge in [-0.25, -0.2) is 15.0 Å². The first-order valence-electron chi connectivity index (χ1n) is 3.95. The van der Waals surface area contributed by atoms with Crippen molar-refractivity contribution in [1.29, 1.82) is 0 Å². The number of halogens is 1. The summed E-state index contributed by atoms with van der Waals surface area (Å²) in [5.74, 6) is 2.01. The second-order valence-electron chi connectivity index (χ2n) is 3.17. The van der Waals surface area contributed by atoms with Crippen LogP contribution in [0.3, 0.4) is 0 Å². The summed E-state index contributed by atoms with van der Waals surface area (Å²) in [4.78, 5) is 12.1. The molecule has 4 heteroatoms. The summed E-state index contributed by atoms with van der Waals surface area (Å²) in [5, 5.41) is 0.290. The Morgan fingerprint density at radius 1 is 1.25 bits per heavy atom. The normalized spacial score (nSPS) is 10.8. The molecule has 1 rings (SSSR count). The van der Waals surface area contributed by atoms with Gasteiger partial charge in [0.1, 0.15) is 11.6 Å². The lowest BCUT2D eigenvalue weighted by Gasteiger charge is -2.03. The van der Waals surface area contributed by atoms with E-state index in [1.54, 1.807) is 0 Å². The van der Waals surface area contributed by atoms with E-state index in [-0.39, 0.29) is 5.28 Å². The maximum Gasteiger partial charge on any atom is 0.225 e. The van der Waals surface area contributed by atoms with Crippen LogP contribution in [0.25, 0.3) is 0 Å². The van der Waals surface area contributed by atoms with Crippen LogP contribution in [0.2, 0.25) is 5.28 Å². The number of rotatable bonds is 2. The van der Waals surface area contributed by atoms with E-state index in [4.69, 9.17) is 11.6 Å². The van der Waals surface area contributed by atoms with Gasteiger partial charge in [-0.2, -0.15) is 0 Å². The average molecular weight is 186 g/mol. The molecule has 12 heavy (non-hydrogen) atoms. The Balaban J connectivity index is 2.85. The molecule has 1 heterocycles. The van der Waals surface area contributed by atoms with E-state index in [9.17, 15) is 0 Å². The van der Waals surface area contributed by atoms with Gasteiger partial charge in [-0.15, -0.1) is 0 Å². The predicted molar refractivity (Wildman–Crippen MR) is 48.1 cm³/mol. The Labute approximate surface area is 77.2 Å². The molecule has 1 aromatic rings. The van der Waals surface area contributed by atoms with Crippen LogP contribution >= 0.6 is 11.6 Å². The fraction of sp³-hybridized carbons (Fsp3) is 0.625. The van der Waals surface area contributed by atoms with Gasteiger partial charge >= 0.3 is 0 Å². The molecular weight excluding hydrogens is 174 g/mol. The number of aromatic nitrogens is 3. The molecule has 0 N–H and O–H groups in total. The highest BCUT2D eigenvalue weighted by molar-refractivity contribution is 6.28. The van der Waals surface area contributed by atoms with Crippen LogP contribution in [0.5, 0.6) is 0 Å². The second-order valence-corrected chi connectivity index (χ2v) is 3.50.